The maximum absolute atomic E-state index is 11.6. The van der Waals surface area contributed by atoms with Crippen molar-refractivity contribution in [3.63, 3.8) is 0 Å². The number of aromatic nitrogens is 3. The van der Waals surface area contributed by atoms with E-state index in [-0.39, 0.29) is 17.3 Å². The molecule has 0 radical (unpaired) electrons. The van der Waals surface area contributed by atoms with E-state index in [4.69, 9.17) is 11.6 Å². The highest BCUT2D eigenvalue weighted by atomic mass is 35.5. The van der Waals surface area contributed by atoms with E-state index in [9.17, 15) is 4.21 Å². The van der Waals surface area contributed by atoms with Crippen LogP contribution in [0.1, 0.15) is 39.2 Å². The lowest BCUT2D eigenvalue weighted by atomic mass is 9.60. The minimum absolute atomic E-state index is 0.150. The van der Waals surface area contributed by atoms with Gasteiger partial charge in [0.15, 0.2) is 5.82 Å². The van der Waals surface area contributed by atoms with E-state index in [0.29, 0.717) is 16.6 Å². The summed E-state index contributed by atoms with van der Waals surface area (Å²) in [6.45, 7) is 11.5. The molecule has 0 amide bonds. The zero-order chi connectivity index (χ0) is 18.7. The summed E-state index contributed by atoms with van der Waals surface area (Å²) in [7, 11) is 0. The fourth-order valence-corrected chi connectivity index (χ4v) is 5.49. The number of anilines is 1. The van der Waals surface area contributed by atoms with Gasteiger partial charge in [0.25, 0.3) is 0 Å². The molecule has 2 aliphatic rings. The van der Waals surface area contributed by atoms with Crippen molar-refractivity contribution in [3.8, 4) is 0 Å². The van der Waals surface area contributed by atoms with Gasteiger partial charge in [0.05, 0.1) is 11.9 Å². The number of thiol groups is 1. The maximum Gasteiger partial charge on any atom is 0.156 e. The molecule has 1 saturated carbocycles. The molecule has 0 N–H and O–H groups in total. The number of nitrogens with zero attached hydrogens (tertiary/aromatic N) is 5. The molecular weight excluding hydrogens is 370 g/mol. The van der Waals surface area contributed by atoms with E-state index >= 15 is 0 Å². The summed E-state index contributed by atoms with van der Waals surface area (Å²) in [4.78, 5) is 6.84. The van der Waals surface area contributed by atoms with Crippen molar-refractivity contribution in [2.24, 2.45) is 10.8 Å². The number of fused-ring (bicyclic) bond motifs is 1. The summed E-state index contributed by atoms with van der Waals surface area (Å²) in [5.41, 5.74) is 2.59. The fourth-order valence-electron chi connectivity index (χ4n) is 4.42. The van der Waals surface area contributed by atoms with Gasteiger partial charge in [-0.2, -0.15) is 5.10 Å². The third-order valence-electron chi connectivity index (χ3n) is 5.53. The Kier molecular flexibility index (Phi) is 4.32. The Morgan fingerprint density at radius 2 is 2.08 bits per heavy atom. The molecule has 3 heterocycles. The van der Waals surface area contributed by atoms with Crippen molar-refractivity contribution in [2.75, 3.05) is 24.5 Å². The molecule has 142 valence electrons. The third-order valence-corrected chi connectivity index (χ3v) is 6.48. The van der Waals surface area contributed by atoms with Crippen LogP contribution in [0.2, 0.25) is 5.15 Å². The van der Waals surface area contributed by atoms with E-state index in [1.54, 1.807) is 10.8 Å². The Balaban J connectivity index is 1.44. The van der Waals surface area contributed by atoms with Crippen molar-refractivity contribution < 1.29 is 4.21 Å². The molecule has 2 aromatic rings. The number of halogens is 1. The first-order chi connectivity index (χ1) is 12.2. The minimum atomic E-state index is 0.150. The average Bonchev–Trinajstić information content (AvgIpc) is 2.77. The summed E-state index contributed by atoms with van der Waals surface area (Å²) < 4.78 is 15.4. The smallest absolute Gasteiger partial charge is 0.156 e. The van der Waals surface area contributed by atoms with Gasteiger partial charge in [0, 0.05) is 31.1 Å². The van der Waals surface area contributed by atoms with E-state index in [0.717, 1.165) is 49.4 Å². The molecule has 1 aliphatic heterocycles. The minimum Gasteiger partial charge on any atom is -0.354 e. The quantitative estimate of drug-likeness (QED) is 0.809. The number of aryl methyl sites for hydroxylation is 1. The predicted octanol–water partition coefficient (Wildman–Crippen LogP) is 2.87. The summed E-state index contributed by atoms with van der Waals surface area (Å²) in [6.07, 6.45) is 3.79. The van der Waals surface area contributed by atoms with E-state index < -0.39 is 0 Å². The number of rotatable bonds is 4. The van der Waals surface area contributed by atoms with Crippen LogP contribution in [0.5, 0.6) is 0 Å². The zero-order valence-electron chi connectivity index (χ0n) is 15.7. The highest BCUT2D eigenvalue weighted by Crippen LogP contribution is 2.52. The van der Waals surface area contributed by atoms with Gasteiger partial charge in [-0.3, -0.25) is 0 Å². The van der Waals surface area contributed by atoms with Crippen LogP contribution in [-0.4, -0.2) is 48.8 Å². The van der Waals surface area contributed by atoms with Crippen LogP contribution in [0.25, 0.3) is 5.52 Å². The zero-order valence-corrected chi connectivity index (χ0v) is 17.4. The predicted molar refractivity (Wildman–Crippen MR) is 106 cm³/mol. The van der Waals surface area contributed by atoms with Crippen molar-refractivity contribution >= 4 is 34.8 Å². The molecule has 0 atom stereocenters. The molecule has 0 unspecified atom stereocenters. The second-order valence-electron chi connectivity index (χ2n) is 9.15. The Labute approximate surface area is 163 Å². The SMILES string of the molecule is Cc1cc(Cl)n2ncnc(N3CC4(CC(N(CC(C)(C)C)[SH]=O)C4)C3)c12. The molecule has 0 bridgehead atoms. The largest absolute Gasteiger partial charge is 0.354 e. The van der Waals surface area contributed by atoms with Crippen LogP contribution in [0.3, 0.4) is 0 Å². The van der Waals surface area contributed by atoms with Crippen LogP contribution in [0.15, 0.2) is 12.4 Å². The third kappa shape index (κ3) is 3.04. The normalized spacial score (nSPS) is 20.0. The lowest BCUT2D eigenvalue weighted by Crippen LogP contribution is -2.66. The molecule has 0 aromatic carbocycles. The fraction of sp³-hybridized carbons (Fsp3) is 0.667. The lowest BCUT2D eigenvalue weighted by Gasteiger charge is -2.61. The van der Waals surface area contributed by atoms with Gasteiger partial charge in [0.2, 0.25) is 0 Å². The van der Waals surface area contributed by atoms with Crippen LogP contribution in [-0.2, 0) is 11.9 Å². The summed E-state index contributed by atoms with van der Waals surface area (Å²) in [5.74, 6) is 0.965. The van der Waals surface area contributed by atoms with Crippen molar-refractivity contribution in [2.45, 2.75) is 46.6 Å². The molecule has 8 heteroatoms. The number of hydrogen-bond acceptors (Lipinski definition) is 4. The summed E-state index contributed by atoms with van der Waals surface area (Å²) >= 11 is 6.40. The molecule has 4 rings (SSSR count). The van der Waals surface area contributed by atoms with Crippen LogP contribution in [0.4, 0.5) is 5.82 Å². The lowest BCUT2D eigenvalue weighted by molar-refractivity contribution is 0.00818. The van der Waals surface area contributed by atoms with Crippen molar-refractivity contribution in [1.82, 2.24) is 18.9 Å². The van der Waals surface area contributed by atoms with Gasteiger partial charge in [-0.25, -0.2) is 18.0 Å². The Morgan fingerprint density at radius 1 is 1.38 bits per heavy atom. The first-order valence-corrected chi connectivity index (χ1v) is 10.2. The first-order valence-electron chi connectivity index (χ1n) is 9.05. The van der Waals surface area contributed by atoms with E-state index in [1.807, 2.05) is 13.0 Å². The van der Waals surface area contributed by atoms with Crippen molar-refractivity contribution in [3.05, 3.63) is 23.1 Å². The number of hydrogen-bond donors (Lipinski definition) is 1. The maximum atomic E-state index is 11.6. The Bertz CT molecular complexity index is 847. The molecule has 26 heavy (non-hydrogen) atoms. The highest BCUT2D eigenvalue weighted by Gasteiger charge is 2.54. The molecule has 1 aliphatic carbocycles. The van der Waals surface area contributed by atoms with Gasteiger partial charge in [0.1, 0.15) is 17.0 Å². The Morgan fingerprint density at radius 3 is 2.69 bits per heavy atom. The van der Waals surface area contributed by atoms with Gasteiger partial charge in [-0.05, 0) is 36.8 Å². The topological polar surface area (TPSA) is 53.7 Å². The highest BCUT2D eigenvalue weighted by molar-refractivity contribution is 7.63. The monoisotopic (exact) mass is 395 g/mol. The molecule has 6 nitrogen and oxygen atoms in total. The molecule has 1 saturated heterocycles. The van der Waals surface area contributed by atoms with Crippen molar-refractivity contribution in [1.29, 1.82) is 0 Å². The first kappa shape index (κ1) is 18.2. The Hall–Kier alpha value is -1.18. The van der Waals surface area contributed by atoms with Gasteiger partial charge >= 0.3 is 0 Å². The van der Waals surface area contributed by atoms with E-state index in [1.165, 1.54) is 0 Å². The molecule has 2 aromatic heterocycles. The van der Waals surface area contributed by atoms with Gasteiger partial charge < -0.3 is 4.90 Å². The average molecular weight is 396 g/mol. The van der Waals surface area contributed by atoms with Crippen LogP contribution >= 0.6 is 11.6 Å². The van der Waals surface area contributed by atoms with Crippen LogP contribution < -0.4 is 4.90 Å². The van der Waals surface area contributed by atoms with Gasteiger partial charge in [-0.15, -0.1) is 0 Å². The summed E-state index contributed by atoms with van der Waals surface area (Å²) in [5, 5.41) is 4.88. The molecule has 2 fully saturated rings. The second kappa shape index (κ2) is 6.17. The standard InChI is InChI=1S/C18H26ClN5OS/c1-12-5-14(19)24-15(12)16(20-11-21-24)22-9-18(10-22)6-13(7-18)23(26-25)8-17(2,3)4/h5,11,13,26H,6-10H2,1-4H3. The van der Waals surface area contributed by atoms with Gasteiger partial charge in [-0.1, -0.05) is 32.4 Å². The molecular formula is C18H26ClN5OS. The molecule has 1 spiro atoms. The van der Waals surface area contributed by atoms with E-state index in [2.05, 4.69) is 40.1 Å². The summed E-state index contributed by atoms with van der Waals surface area (Å²) in [6, 6.07) is 2.35. The second-order valence-corrected chi connectivity index (χ2v) is 10.2. The van der Waals surface area contributed by atoms with Crippen LogP contribution in [0, 0.1) is 17.8 Å².